The lowest BCUT2D eigenvalue weighted by atomic mass is 10.1. The van der Waals surface area contributed by atoms with Gasteiger partial charge in [-0.15, -0.1) is 0 Å². The normalized spacial score (nSPS) is 12.2. The lowest BCUT2D eigenvalue weighted by Gasteiger charge is -2.28. The molecule has 0 radical (unpaired) electrons. The molecular formula is C6H12INO. The van der Waals surface area contributed by atoms with Crippen molar-refractivity contribution in [3.63, 3.8) is 0 Å². The lowest BCUT2D eigenvalue weighted by molar-refractivity contribution is -0.117. The molecule has 54 valence electrons. The van der Waals surface area contributed by atoms with Gasteiger partial charge in [0.1, 0.15) is 0 Å². The molecule has 0 heterocycles. The molecular weight excluding hydrogens is 229 g/mol. The SMILES string of the molecule is CN(C)C(C)(C)C(=O)I. The molecule has 0 amide bonds. The number of halogens is 1. The summed E-state index contributed by atoms with van der Waals surface area (Å²) in [7, 11) is 3.80. The Morgan fingerprint density at radius 2 is 1.78 bits per heavy atom. The van der Waals surface area contributed by atoms with E-state index in [4.69, 9.17) is 0 Å². The Kier molecular flexibility index (Phi) is 3.08. The predicted molar refractivity (Wildman–Crippen MR) is 46.8 cm³/mol. The number of nitrogens with zero attached hydrogens (tertiary/aromatic N) is 1. The van der Waals surface area contributed by atoms with Crippen LogP contribution in [0.15, 0.2) is 0 Å². The first-order valence-corrected chi connectivity index (χ1v) is 3.84. The first kappa shape index (κ1) is 9.36. The summed E-state index contributed by atoms with van der Waals surface area (Å²) >= 11 is 1.82. The van der Waals surface area contributed by atoms with Gasteiger partial charge in [-0.1, -0.05) is 0 Å². The smallest absolute Gasteiger partial charge is 0.211 e. The van der Waals surface area contributed by atoms with Crippen molar-refractivity contribution in [1.82, 2.24) is 4.90 Å². The van der Waals surface area contributed by atoms with E-state index in [-0.39, 0.29) is 9.33 Å². The summed E-state index contributed by atoms with van der Waals surface area (Å²) in [5.74, 6) is 0. The van der Waals surface area contributed by atoms with E-state index < -0.39 is 0 Å². The summed E-state index contributed by atoms with van der Waals surface area (Å²) in [6, 6.07) is 0. The maximum atomic E-state index is 10.9. The highest BCUT2D eigenvalue weighted by atomic mass is 127. The topological polar surface area (TPSA) is 20.3 Å². The molecule has 0 atom stereocenters. The fraction of sp³-hybridized carbons (Fsp3) is 0.833. The third-order valence-electron chi connectivity index (χ3n) is 1.60. The Hall–Kier alpha value is 0.360. The molecule has 0 unspecified atom stereocenters. The summed E-state index contributed by atoms with van der Waals surface area (Å²) in [5, 5.41) is 0. The zero-order valence-corrected chi connectivity index (χ0v) is 8.39. The second kappa shape index (κ2) is 2.96. The Balaban J connectivity index is 4.19. The number of hydrogen-bond acceptors (Lipinski definition) is 2. The maximum absolute atomic E-state index is 10.9. The van der Waals surface area contributed by atoms with Crippen molar-refractivity contribution >= 4 is 26.4 Å². The zero-order valence-electron chi connectivity index (χ0n) is 6.23. The summed E-state index contributed by atoms with van der Waals surface area (Å²) in [4.78, 5) is 12.8. The van der Waals surface area contributed by atoms with Gasteiger partial charge in [-0.05, 0) is 27.9 Å². The van der Waals surface area contributed by atoms with E-state index in [2.05, 4.69) is 0 Å². The van der Waals surface area contributed by atoms with Crippen LogP contribution in [0, 0.1) is 0 Å². The standard InChI is InChI=1S/C6H12INO/c1-6(2,5(7)9)8(3)4/h1-4H3. The fourth-order valence-corrected chi connectivity index (χ4v) is 0.658. The van der Waals surface area contributed by atoms with Crippen LogP contribution in [-0.4, -0.2) is 28.3 Å². The van der Waals surface area contributed by atoms with Gasteiger partial charge in [0.25, 0.3) is 0 Å². The van der Waals surface area contributed by atoms with Crippen LogP contribution in [0.5, 0.6) is 0 Å². The molecule has 0 aliphatic carbocycles. The zero-order chi connectivity index (χ0) is 7.65. The number of carbonyl (C=O) groups is 1. The minimum absolute atomic E-state index is 0.171. The van der Waals surface area contributed by atoms with Crippen molar-refractivity contribution in [2.24, 2.45) is 0 Å². The van der Waals surface area contributed by atoms with Gasteiger partial charge >= 0.3 is 0 Å². The molecule has 0 aliphatic heterocycles. The van der Waals surface area contributed by atoms with E-state index in [9.17, 15) is 4.79 Å². The van der Waals surface area contributed by atoms with Crippen LogP contribution >= 0.6 is 22.6 Å². The van der Waals surface area contributed by atoms with Crippen LogP contribution in [0.1, 0.15) is 13.8 Å². The van der Waals surface area contributed by atoms with Crippen molar-refractivity contribution < 1.29 is 4.79 Å². The number of rotatable bonds is 2. The van der Waals surface area contributed by atoms with Gasteiger partial charge in [0.15, 0.2) is 0 Å². The highest BCUT2D eigenvalue weighted by molar-refractivity contribution is 14.1. The third kappa shape index (κ3) is 2.21. The second-order valence-electron chi connectivity index (χ2n) is 2.73. The van der Waals surface area contributed by atoms with Crippen LogP contribution in [0.2, 0.25) is 0 Å². The number of carbonyl (C=O) groups excluding carboxylic acids is 1. The van der Waals surface area contributed by atoms with Gasteiger partial charge in [-0.2, -0.15) is 0 Å². The average Bonchev–Trinajstić information content (AvgIpc) is 1.65. The quantitative estimate of drug-likeness (QED) is 0.536. The fourth-order valence-electron chi connectivity index (χ4n) is 0.176. The van der Waals surface area contributed by atoms with E-state index in [1.165, 1.54) is 0 Å². The van der Waals surface area contributed by atoms with Crippen LogP contribution in [0.3, 0.4) is 0 Å². The molecule has 0 saturated carbocycles. The van der Waals surface area contributed by atoms with Crippen LogP contribution in [0.25, 0.3) is 0 Å². The van der Waals surface area contributed by atoms with Crippen LogP contribution in [0.4, 0.5) is 0 Å². The molecule has 2 nitrogen and oxygen atoms in total. The van der Waals surface area contributed by atoms with E-state index in [1.54, 1.807) is 0 Å². The van der Waals surface area contributed by atoms with Gasteiger partial charge in [-0.25, -0.2) is 0 Å². The van der Waals surface area contributed by atoms with Crippen LogP contribution < -0.4 is 0 Å². The predicted octanol–water partition coefficient (Wildman–Crippen LogP) is 1.29. The lowest BCUT2D eigenvalue weighted by Crippen LogP contribution is -2.42. The summed E-state index contributed by atoms with van der Waals surface area (Å²) in [5.41, 5.74) is -0.319. The van der Waals surface area contributed by atoms with Gasteiger partial charge in [0.05, 0.1) is 5.54 Å². The average molecular weight is 241 g/mol. The molecule has 0 saturated heterocycles. The minimum atomic E-state index is -0.319. The highest BCUT2D eigenvalue weighted by Crippen LogP contribution is 2.14. The summed E-state index contributed by atoms with van der Waals surface area (Å²) in [6.45, 7) is 3.81. The molecule has 0 spiro atoms. The van der Waals surface area contributed by atoms with Gasteiger partial charge in [0.2, 0.25) is 3.79 Å². The molecule has 0 rings (SSSR count). The first-order chi connectivity index (χ1) is 3.89. The first-order valence-electron chi connectivity index (χ1n) is 2.76. The van der Waals surface area contributed by atoms with Crippen molar-refractivity contribution in [2.75, 3.05) is 14.1 Å². The Labute approximate surface area is 69.7 Å². The van der Waals surface area contributed by atoms with Crippen molar-refractivity contribution in [2.45, 2.75) is 19.4 Å². The van der Waals surface area contributed by atoms with Crippen molar-refractivity contribution in [3.05, 3.63) is 0 Å². The van der Waals surface area contributed by atoms with Crippen molar-refractivity contribution in [3.8, 4) is 0 Å². The minimum Gasteiger partial charge on any atom is -0.297 e. The monoisotopic (exact) mass is 241 g/mol. The molecule has 0 bridgehead atoms. The molecule has 0 N–H and O–H groups in total. The molecule has 3 heteroatoms. The van der Waals surface area contributed by atoms with E-state index >= 15 is 0 Å². The van der Waals surface area contributed by atoms with Gasteiger partial charge < -0.3 is 0 Å². The van der Waals surface area contributed by atoms with Gasteiger partial charge in [-0.3, -0.25) is 9.69 Å². The summed E-state index contributed by atoms with van der Waals surface area (Å²) in [6.07, 6.45) is 0. The molecule has 0 aromatic heterocycles. The Morgan fingerprint density at radius 3 is 1.78 bits per heavy atom. The summed E-state index contributed by atoms with van der Waals surface area (Å²) < 4.78 is 0.171. The van der Waals surface area contributed by atoms with E-state index in [1.807, 2.05) is 55.4 Å². The molecule has 0 aromatic carbocycles. The number of likely N-dealkylation sites (N-methyl/N-ethyl adjacent to an activating group) is 1. The largest absolute Gasteiger partial charge is 0.297 e. The van der Waals surface area contributed by atoms with E-state index in [0.29, 0.717) is 0 Å². The molecule has 0 aliphatic rings. The number of hydrogen-bond donors (Lipinski definition) is 0. The highest BCUT2D eigenvalue weighted by Gasteiger charge is 2.26. The van der Waals surface area contributed by atoms with Crippen LogP contribution in [-0.2, 0) is 4.79 Å². The molecule has 0 fully saturated rings. The van der Waals surface area contributed by atoms with Crippen molar-refractivity contribution in [1.29, 1.82) is 0 Å². The van der Waals surface area contributed by atoms with E-state index in [0.717, 1.165) is 0 Å². The third-order valence-corrected chi connectivity index (χ3v) is 2.92. The van der Waals surface area contributed by atoms with Gasteiger partial charge in [0, 0.05) is 22.6 Å². The molecule has 9 heavy (non-hydrogen) atoms. The maximum Gasteiger partial charge on any atom is 0.211 e. The Bertz CT molecular complexity index is 120. The second-order valence-corrected chi connectivity index (χ2v) is 3.71. The Morgan fingerprint density at radius 1 is 1.44 bits per heavy atom. The molecule has 0 aromatic rings.